The predicted octanol–water partition coefficient (Wildman–Crippen LogP) is -0.980. The van der Waals surface area contributed by atoms with Crippen molar-refractivity contribution in [3.8, 4) is 0 Å². The Hall–Kier alpha value is -1.94. The van der Waals surface area contributed by atoms with Crippen LogP contribution in [0.1, 0.15) is 13.8 Å². The topological polar surface area (TPSA) is 122 Å². The summed E-state index contributed by atoms with van der Waals surface area (Å²) in [5.74, 6) is -1.78. The summed E-state index contributed by atoms with van der Waals surface area (Å²) < 4.78 is 27.4. The van der Waals surface area contributed by atoms with Gasteiger partial charge in [-0.1, -0.05) is 0 Å². The Morgan fingerprint density at radius 2 is 2.10 bits per heavy atom. The zero-order valence-corrected chi connectivity index (χ0v) is 12.8. The predicted molar refractivity (Wildman–Crippen MR) is 72.9 cm³/mol. The van der Waals surface area contributed by atoms with Crippen LogP contribution in [0.4, 0.5) is 0 Å². The van der Waals surface area contributed by atoms with Gasteiger partial charge in [0.2, 0.25) is 5.91 Å². The lowest BCUT2D eigenvalue weighted by atomic mass is 10.3. The van der Waals surface area contributed by atoms with Crippen LogP contribution in [0.15, 0.2) is 17.6 Å². The number of aromatic nitrogens is 2. The summed E-state index contributed by atoms with van der Waals surface area (Å²) in [6.07, 6.45) is 2.62. The van der Waals surface area contributed by atoms with Gasteiger partial charge in [0.1, 0.15) is 6.54 Å². The third-order valence-corrected chi connectivity index (χ3v) is 3.91. The van der Waals surface area contributed by atoms with Crippen LogP contribution in [-0.2, 0) is 26.7 Å². The van der Waals surface area contributed by atoms with E-state index in [1.165, 1.54) is 17.1 Å². The molecule has 2 N–H and O–H groups in total. The van der Waals surface area contributed by atoms with E-state index in [0.717, 1.165) is 4.90 Å². The number of aryl methyl sites for hydroxylation is 1. The van der Waals surface area contributed by atoms with Crippen molar-refractivity contribution in [2.75, 3.05) is 13.1 Å². The smallest absolute Gasteiger partial charge is 0.323 e. The van der Waals surface area contributed by atoms with Crippen LogP contribution in [0.25, 0.3) is 0 Å². The lowest BCUT2D eigenvalue weighted by molar-refractivity contribution is -0.145. The highest BCUT2D eigenvalue weighted by Gasteiger charge is 2.23. The summed E-state index contributed by atoms with van der Waals surface area (Å²) >= 11 is 0. The number of nitrogens with one attached hydrogen (secondary N) is 1. The van der Waals surface area contributed by atoms with Gasteiger partial charge < -0.3 is 14.6 Å². The number of carboxylic acids is 1. The lowest BCUT2D eigenvalue weighted by Gasteiger charge is -2.24. The van der Waals surface area contributed by atoms with Gasteiger partial charge in [-0.15, -0.1) is 0 Å². The van der Waals surface area contributed by atoms with Gasteiger partial charge in [0, 0.05) is 19.3 Å². The zero-order chi connectivity index (χ0) is 16.2. The van der Waals surface area contributed by atoms with E-state index in [9.17, 15) is 18.0 Å². The molecule has 0 spiro atoms. The first-order valence-electron chi connectivity index (χ1n) is 6.12. The van der Waals surface area contributed by atoms with Crippen LogP contribution in [0.3, 0.4) is 0 Å². The van der Waals surface area contributed by atoms with E-state index in [4.69, 9.17) is 5.11 Å². The first-order valence-corrected chi connectivity index (χ1v) is 7.60. The number of carbonyl (C=O) groups is 2. The molecule has 1 amide bonds. The summed E-state index contributed by atoms with van der Waals surface area (Å²) in [6, 6.07) is -0.354. The van der Waals surface area contributed by atoms with Gasteiger partial charge in [-0.25, -0.2) is 18.1 Å². The molecule has 0 aliphatic carbocycles. The molecule has 1 heterocycles. The highest BCUT2D eigenvalue weighted by molar-refractivity contribution is 7.89. The molecule has 1 rings (SSSR count). The van der Waals surface area contributed by atoms with Crippen molar-refractivity contribution in [2.24, 2.45) is 7.05 Å². The number of nitrogens with zero attached hydrogens (tertiary/aromatic N) is 3. The van der Waals surface area contributed by atoms with Crippen molar-refractivity contribution >= 4 is 21.9 Å². The first kappa shape index (κ1) is 17.1. The number of aliphatic carboxylic acids is 1. The molecule has 1 aromatic rings. The second-order valence-electron chi connectivity index (χ2n) is 4.71. The number of hydrogen-bond donors (Lipinski definition) is 2. The van der Waals surface area contributed by atoms with Crippen LogP contribution in [-0.4, -0.2) is 59.0 Å². The second kappa shape index (κ2) is 6.68. The summed E-state index contributed by atoms with van der Waals surface area (Å²) in [7, 11) is -2.28. The maximum atomic E-state index is 11.9. The largest absolute Gasteiger partial charge is 0.480 e. The monoisotopic (exact) mass is 318 g/mol. The standard InChI is InChI=1S/C11H18N4O5S/c1-8(2)15(6-11(17)18)10(16)4-13-21(19,20)9-5-14(3)7-12-9/h5,7-8,13H,4,6H2,1-3H3,(H,17,18). The van der Waals surface area contributed by atoms with Gasteiger partial charge in [0.15, 0.2) is 5.03 Å². The molecule has 9 nitrogen and oxygen atoms in total. The normalized spacial score (nSPS) is 11.6. The van der Waals surface area contributed by atoms with E-state index in [1.54, 1.807) is 20.9 Å². The molecular weight excluding hydrogens is 300 g/mol. The second-order valence-corrected chi connectivity index (χ2v) is 6.42. The SMILES string of the molecule is CC(C)N(CC(=O)O)C(=O)CNS(=O)(=O)c1cn(C)cn1. The minimum atomic E-state index is -3.90. The highest BCUT2D eigenvalue weighted by atomic mass is 32.2. The summed E-state index contributed by atoms with van der Waals surface area (Å²) in [6.45, 7) is 2.29. The number of imidazole rings is 1. The molecule has 10 heteroatoms. The van der Waals surface area contributed by atoms with Crippen molar-refractivity contribution in [3.63, 3.8) is 0 Å². The minimum Gasteiger partial charge on any atom is -0.480 e. The van der Waals surface area contributed by atoms with Crippen LogP contribution < -0.4 is 4.72 Å². The zero-order valence-electron chi connectivity index (χ0n) is 12.0. The summed E-state index contributed by atoms with van der Waals surface area (Å²) in [5.41, 5.74) is 0. The molecule has 0 unspecified atom stereocenters. The molecule has 1 aromatic heterocycles. The molecular formula is C11H18N4O5S. The fraction of sp³-hybridized carbons (Fsp3) is 0.545. The maximum absolute atomic E-state index is 11.9. The van der Waals surface area contributed by atoms with Crippen LogP contribution in [0, 0.1) is 0 Å². The molecule has 0 fully saturated rings. The van der Waals surface area contributed by atoms with Crippen molar-refractivity contribution in [3.05, 3.63) is 12.5 Å². The third-order valence-electron chi connectivity index (χ3n) is 2.62. The number of hydrogen-bond acceptors (Lipinski definition) is 5. The molecule has 0 saturated carbocycles. The molecule has 0 bridgehead atoms. The van der Waals surface area contributed by atoms with Crippen molar-refractivity contribution in [2.45, 2.75) is 24.9 Å². The number of carbonyl (C=O) groups excluding carboxylic acids is 1. The van der Waals surface area contributed by atoms with Gasteiger partial charge in [0.05, 0.1) is 12.9 Å². The Morgan fingerprint density at radius 1 is 1.48 bits per heavy atom. The maximum Gasteiger partial charge on any atom is 0.323 e. The van der Waals surface area contributed by atoms with Crippen molar-refractivity contribution < 1.29 is 23.1 Å². The highest BCUT2D eigenvalue weighted by Crippen LogP contribution is 2.04. The van der Waals surface area contributed by atoms with E-state index in [-0.39, 0.29) is 11.1 Å². The Labute approximate surface area is 122 Å². The lowest BCUT2D eigenvalue weighted by Crippen LogP contribution is -2.45. The summed E-state index contributed by atoms with van der Waals surface area (Å²) in [4.78, 5) is 27.4. The van der Waals surface area contributed by atoms with E-state index in [2.05, 4.69) is 9.71 Å². The number of sulfonamides is 1. The number of carboxylic acid groups (broad SMARTS) is 1. The third kappa shape index (κ3) is 4.83. The fourth-order valence-electron chi connectivity index (χ4n) is 1.56. The molecule has 0 saturated heterocycles. The van der Waals surface area contributed by atoms with Crippen molar-refractivity contribution in [1.29, 1.82) is 0 Å². The molecule has 21 heavy (non-hydrogen) atoms. The van der Waals surface area contributed by atoms with Crippen LogP contribution in [0.2, 0.25) is 0 Å². The fourth-order valence-corrected chi connectivity index (χ4v) is 2.52. The molecule has 0 atom stereocenters. The quantitative estimate of drug-likeness (QED) is 0.666. The molecule has 0 aliphatic heterocycles. The molecule has 0 radical (unpaired) electrons. The molecule has 0 aliphatic rings. The van der Waals surface area contributed by atoms with Gasteiger partial charge >= 0.3 is 5.97 Å². The van der Waals surface area contributed by atoms with Gasteiger partial charge in [-0.2, -0.15) is 0 Å². The van der Waals surface area contributed by atoms with Gasteiger partial charge in [-0.05, 0) is 13.8 Å². The minimum absolute atomic E-state index is 0.202. The van der Waals surface area contributed by atoms with Crippen molar-refractivity contribution in [1.82, 2.24) is 19.2 Å². The van der Waals surface area contributed by atoms with E-state index in [1.807, 2.05) is 0 Å². The van der Waals surface area contributed by atoms with E-state index < -0.39 is 35.0 Å². The molecule has 0 aromatic carbocycles. The Bertz CT molecular complexity index is 622. The number of rotatable bonds is 7. The Kier molecular flexibility index (Phi) is 5.44. The average Bonchev–Trinajstić information content (AvgIpc) is 2.80. The Morgan fingerprint density at radius 3 is 2.52 bits per heavy atom. The van der Waals surface area contributed by atoms with Crippen LogP contribution >= 0.6 is 0 Å². The van der Waals surface area contributed by atoms with Gasteiger partial charge in [-0.3, -0.25) is 9.59 Å². The average molecular weight is 318 g/mol. The van der Waals surface area contributed by atoms with Crippen LogP contribution in [0.5, 0.6) is 0 Å². The molecule has 118 valence electrons. The summed E-state index contributed by atoms with van der Waals surface area (Å²) in [5, 5.41) is 8.54. The Balaban J connectivity index is 2.72. The van der Waals surface area contributed by atoms with E-state index in [0.29, 0.717) is 0 Å². The van der Waals surface area contributed by atoms with E-state index >= 15 is 0 Å². The van der Waals surface area contributed by atoms with Gasteiger partial charge in [0.25, 0.3) is 10.0 Å². The number of amides is 1. The first-order chi connectivity index (χ1) is 9.63.